The summed E-state index contributed by atoms with van der Waals surface area (Å²) in [6.45, 7) is 3.94. The number of carbonyl (C=O) groups is 2. The van der Waals surface area contributed by atoms with Crippen molar-refractivity contribution in [3.8, 4) is 0 Å². The Morgan fingerprint density at radius 1 is 0.970 bits per heavy atom. The van der Waals surface area contributed by atoms with Crippen molar-refractivity contribution in [3.63, 3.8) is 0 Å². The largest absolute Gasteiger partial charge is 0.507 e. The highest BCUT2D eigenvalue weighted by Gasteiger charge is 2.48. The number of hydrogen-bond donors (Lipinski definition) is 1. The summed E-state index contributed by atoms with van der Waals surface area (Å²) >= 11 is 4.79. The smallest absolute Gasteiger partial charge is 0.301 e. The predicted molar refractivity (Wildman–Crippen MR) is 134 cm³/mol. The van der Waals surface area contributed by atoms with Gasteiger partial charge in [-0.3, -0.25) is 14.5 Å². The molecule has 0 spiro atoms. The number of aryl methyl sites for hydroxylation is 2. The van der Waals surface area contributed by atoms with E-state index in [4.69, 9.17) is 0 Å². The van der Waals surface area contributed by atoms with Crippen molar-refractivity contribution in [1.29, 1.82) is 0 Å². The van der Waals surface area contributed by atoms with Crippen LogP contribution in [0.2, 0.25) is 0 Å². The molecule has 3 aromatic carbocycles. The maximum absolute atomic E-state index is 13.3. The molecule has 4 aromatic rings. The molecule has 1 unspecified atom stereocenters. The summed E-state index contributed by atoms with van der Waals surface area (Å²) in [6.07, 6.45) is 0. The fourth-order valence-electron chi connectivity index (χ4n) is 3.98. The van der Waals surface area contributed by atoms with Gasteiger partial charge in [-0.25, -0.2) is 4.98 Å². The van der Waals surface area contributed by atoms with Gasteiger partial charge in [0.2, 0.25) is 0 Å². The highest BCUT2D eigenvalue weighted by Crippen LogP contribution is 2.44. The van der Waals surface area contributed by atoms with E-state index in [1.165, 1.54) is 16.2 Å². The van der Waals surface area contributed by atoms with E-state index >= 15 is 0 Å². The van der Waals surface area contributed by atoms with Crippen LogP contribution in [0.1, 0.15) is 28.3 Å². The van der Waals surface area contributed by atoms with Gasteiger partial charge in [0.1, 0.15) is 5.76 Å². The molecule has 1 N–H and O–H groups in total. The topological polar surface area (TPSA) is 70.5 Å². The minimum absolute atomic E-state index is 0.0570. The van der Waals surface area contributed by atoms with E-state index in [1.807, 2.05) is 68.4 Å². The van der Waals surface area contributed by atoms with Crippen LogP contribution in [-0.2, 0) is 9.59 Å². The highest BCUT2D eigenvalue weighted by atomic mass is 79.9. The summed E-state index contributed by atoms with van der Waals surface area (Å²) in [4.78, 5) is 32.6. The number of aliphatic hydroxyl groups is 1. The van der Waals surface area contributed by atoms with Crippen LogP contribution in [0, 0.1) is 13.8 Å². The summed E-state index contributed by atoms with van der Waals surface area (Å²) in [5.74, 6) is -1.62. The molecule has 2 heterocycles. The molecular weight excluding hydrogens is 500 g/mol. The normalized spacial score (nSPS) is 17.8. The number of halogens is 1. The molecule has 0 bridgehead atoms. The maximum atomic E-state index is 13.3. The predicted octanol–water partition coefficient (Wildman–Crippen LogP) is 6.30. The van der Waals surface area contributed by atoms with Gasteiger partial charge < -0.3 is 5.11 Å². The number of anilines is 1. The number of hydrogen-bond acceptors (Lipinski definition) is 5. The van der Waals surface area contributed by atoms with Crippen molar-refractivity contribution in [2.45, 2.75) is 19.9 Å². The van der Waals surface area contributed by atoms with Crippen molar-refractivity contribution in [3.05, 3.63) is 99.0 Å². The lowest BCUT2D eigenvalue weighted by Crippen LogP contribution is -2.29. The average Bonchev–Trinajstić information content (AvgIpc) is 3.32. The number of aromatic nitrogens is 1. The number of benzene rings is 3. The van der Waals surface area contributed by atoms with Gasteiger partial charge in [-0.05, 0) is 49.2 Å². The zero-order valence-electron chi connectivity index (χ0n) is 17.9. The average molecular weight is 519 g/mol. The van der Waals surface area contributed by atoms with Crippen LogP contribution in [-0.4, -0.2) is 21.8 Å². The lowest BCUT2D eigenvalue weighted by Gasteiger charge is -2.23. The molecule has 0 saturated carbocycles. The zero-order valence-corrected chi connectivity index (χ0v) is 20.3. The van der Waals surface area contributed by atoms with Gasteiger partial charge in [-0.15, -0.1) is 0 Å². The second kappa shape index (κ2) is 8.24. The second-order valence-corrected chi connectivity index (χ2v) is 9.98. The van der Waals surface area contributed by atoms with Crippen LogP contribution < -0.4 is 4.90 Å². The summed E-state index contributed by atoms with van der Waals surface area (Å²) in [7, 11) is 0. The third kappa shape index (κ3) is 3.77. The van der Waals surface area contributed by atoms with E-state index in [9.17, 15) is 14.7 Å². The molecule has 1 aliphatic heterocycles. The molecule has 7 heteroatoms. The molecule has 0 radical (unpaired) electrons. The van der Waals surface area contributed by atoms with Gasteiger partial charge in [0.25, 0.3) is 5.78 Å². The highest BCUT2D eigenvalue weighted by molar-refractivity contribution is 9.10. The van der Waals surface area contributed by atoms with E-state index in [2.05, 4.69) is 20.9 Å². The van der Waals surface area contributed by atoms with Gasteiger partial charge in [0.05, 0.1) is 21.8 Å². The Kier molecular flexibility index (Phi) is 5.38. The molecule has 0 aliphatic carbocycles. The van der Waals surface area contributed by atoms with Gasteiger partial charge in [0.15, 0.2) is 5.13 Å². The van der Waals surface area contributed by atoms with Crippen LogP contribution in [0.5, 0.6) is 0 Å². The molecular formula is C26H19BrN2O3S. The minimum atomic E-state index is -0.791. The fraction of sp³-hybridized carbons (Fsp3) is 0.115. The van der Waals surface area contributed by atoms with E-state index in [-0.39, 0.29) is 11.3 Å². The number of ketones is 1. The molecule has 1 saturated heterocycles. The second-order valence-electron chi connectivity index (χ2n) is 8.05. The van der Waals surface area contributed by atoms with E-state index in [0.717, 1.165) is 25.8 Å². The first-order chi connectivity index (χ1) is 15.8. The third-order valence-electron chi connectivity index (χ3n) is 5.69. The number of fused-ring (bicyclic) bond motifs is 1. The Bertz CT molecular complexity index is 1440. The minimum Gasteiger partial charge on any atom is -0.507 e. The molecule has 1 aliphatic rings. The molecule has 5 rings (SSSR count). The first kappa shape index (κ1) is 21.6. The summed E-state index contributed by atoms with van der Waals surface area (Å²) < 4.78 is 1.80. The van der Waals surface area contributed by atoms with Gasteiger partial charge in [-0.1, -0.05) is 75.3 Å². The zero-order chi connectivity index (χ0) is 23.3. The van der Waals surface area contributed by atoms with Crippen molar-refractivity contribution >= 4 is 60.1 Å². The number of nitrogens with zero attached hydrogens (tertiary/aromatic N) is 2. The number of Topliss-reactive ketones (excluding diaryl/α,β-unsaturated/α-hetero) is 1. The number of amides is 1. The van der Waals surface area contributed by atoms with Crippen LogP contribution in [0.15, 0.2) is 76.8 Å². The standard InChI is InChI=1S/C26H19BrN2O3S/c1-14-3-6-17(7-4-14)23(30)21-22(16-8-10-18(27)11-9-16)29(25(32)24(21)31)26-28-19-12-5-15(2)13-20(19)33-26/h3-13,22,30H,1-2H3/b23-21+. The Balaban J connectivity index is 1.73. The van der Waals surface area contributed by atoms with Crippen LogP contribution >= 0.6 is 27.3 Å². The Morgan fingerprint density at radius 2 is 1.64 bits per heavy atom. The van der Waals surface area contributed by atoms with Gasteiger partial charge in [0, 0.05) is 10.0 Å². The Labute approximate surface area is 203 Å². The maximum Gasteiger partial charge on any atom is 0.301 e. The molecule has 33 heavy (non-hydrogen) atoms. The Hall–Kier alpha value is -3.29. The number of carbonyl (C=O) groups excluding carboxylic acids is 2. The Morgan fingerprint density at radius 3 is 2.33 bits per heavy atom. The lowest BCUT2D eigenvalue weighted by atomic mass is 9.95. The first-order valence-electron chi connectivity index (χ1n) is 10.3. The first-order valence-corrected chi connectivity index (χ1v) is 11.9. The number of thiazole rings is 1. The van der Waals surface area contributed by atoms with Crippen molar-refractivity contribution < 1.29 is 14.7 Å². The molecule has 5 nitrogen and oxygen atoms in total. The quantitative estimate of drug-likeness (QED) is 0.196. The number of aliphatic hydroxyl groups excluding tert-OH is 1. The summed E-state index contributed by atoms with van der Waals surface area (Å²) in [5.41, 5.74) is 4.13. The van der Waals surface area contributed by atoms with Crippen molar-refractivity contribution in [2.75, 3.05) is 4.90 Å². The third-order valence-corrected chi connectivity index (χ3v) is 7.24. The fourth-order valence-corrected chi connectivity index (χ4v) is 5.33. The van der Waals surface area contributed by atoms with Crippen LogP contribution in [0.4, 0.5) is 5.13 Å². The summed E-state index contributed by atoms with van der Waals surface area (Å²) in [6, 6.07) is 19.7. The van der Waals surface area contributed by atoms with Crippen LogP contribution in [0.3, 0.4) is 0 Å². The molecule has 1 fully saturated rings. The number of rotatable bonds is 3. The monoisotopic (exact) mass is 518 g/mol. The van der Waals surface area contributed by atoms with Crippen molar-refractivity contribution in [2.24, 2.45) is 0 Å². The van der Waals surface area contributed by atoms with Gasteiger partial charge >= 0.3 is 5.91 Å². The van der Waals surface area contributed by atoms with E-state index in [0.29, 0.717) is 16.3 Å². The molecule has 164 valence electrons. The SMILES string of the molecule is Cc1ccc(/C(O)=C2\C(=O)C(=O)N(c3nc4ccc(C)cc4s3)C2c2ccc(Br)cc2)cc1. The van der Waals surface area contributed by atoms with Crippen LogP contribution in [0.25, 0.3) is 16.0 Å². The van der Waals surface area contributed by atoms with Gasteiger partial charge in [-0.2, -0.15) is 0 Å². The molecule has 1 atom stereocenters. The lowest BCUT2D eigenvalue weighted by molar-refractivity contribution is -0.132. The molecule has 1 amide bonds. The van der Waals surface area contributed by atoms with E-state index < -0.39 is 17.7 Å². The summed E-state index contributed by atoms with van der Waals surface area (Å²) in [5, 5.41) is 11.6. The van der Waals surface area contributed by atoms with E-state index in [1.54, 1.807) is 12.1 Å². The van der Waals surface area contributed by atoms with Crippen molar-refractivity contribution in [1.82, 2.24) is 4.98 Å². The molecule has 1 aromatic heterocycles.